The predicted molar refractivity (Wildman–Crippen MR) is 120 cm³/mol. The smallest absolute Gasteiger partial charge is 0.219 e. The molecule has 27 heavy (non-hydrogen) atoms. The van der Waals surface area contributed by atoms with E-state index in [1.165, 1.54) is 30.7 Å². The van der Waals surface area contributed by atoms with E-state index in [0.29, 0.717) is 23.4 Å². The fourth-order valence-electron chi connectivity index (χ4n) is 2.62. The number of hydrogen-bond acceptors (Lipinski definition) is 4. The lowest BCUT2D eigenvalue weighted by molar-refractivity contribution is 0.461. The first kappa shape index (κ1) is 21.7. The molecule has 1 aromatic heterocycles. The van der Waals surface area contributed by atoms with Crippen LogP contribution in [-0.2, 0) is 6.54 Å². The summed E-state index contributed by atoms with van der Waals surface area (Å²) < 4.78 is 18.5. The van der Waals surface area contributed by atoms with E-state index in [-0.39, 0.29) is 29.8 Å². The summed E-state index contributed by atoms with van der Waals surface area (Å²) in [6.07, 6.45) is 4.33. The van der Waals surface area contributed by atoms with Crippen LogP contribution in [0.2, 0.25) is 0 Å². The standard InChI is InChI=1S/C19H23FN4OS.HI/c1-21-19(24-13-17-3-2-10-26-17)23-12-14-4-9-18(22-11-14)25-16-7-5-15(20)6-8-16;/h4-9,11,17H,2-3,10,12-13H2,1H3,(H2,21,23,24);1H. The van der Waals surface area contributed by atoms with Gasteiger partial charge in [0.15, 0.2) is 5.96 Å². The van der Waals surface area contributed by atoms with Crippen LogP contribution in [0.25, 0.3) is 0 Å². The first-order chi connectivity index (χ1) is 12.7. The monoisotopic (exact) mass is 502 g/mol. The molecule has 1 aromatic carbocycles. The third-order valence-corrected chi connectivity index (χ3v) is 5.44. The van der Waals surface area contributed by atoms with Gasteiger partial charge in [-0.05, 0) is 48.4 Å². The number of benzene rings is 1. The Morgan fingerprint density at radius 2 is 2.07 bits per heavy atom. The molecule has 2 N–H and O–H groups in total. The fraction of sp³-hybridized carbons (Fsp3) is 0.368. The summed E-state index contributed by atoms with van der Waals surface area (Å²) in [5.74, 6) is 2.79. The van der Waals surface area contributed by atoms with Crippen molar-refractivity contribution in [1.82, 2.24) is 15.6 Å². The third-order valence-electron chi connectivity index (χ3n) is 4.04. The molecule has 0 spiro atoms. The first-order valence-electron chi connectivity index (χ1n) is 8.67. The molecule has 0 aliphatic carbocycles. The Balaban J connectivity index is 0.00000261. The number of thioether (sulfide) groups is 1. The molecule has 1 atom stereocenters. The van der Waals surface area contributed by atoms with E-state index in [4.69, 9.17) is 4.74 Å². The van der Waals surface area contributed by atoms with Crippen molar-refractivity contribution < 1.29 is 9.13 Å². The summed E-state index contributed by atoms with van der Waals surface area (Å²) in [6, 6.07) is 9.60. The molecule has 8 heteroatoms. The lowest BCUT2D eigenvalue weighted by Crippen LogP contribution is -2.39. The van der Waals surface area contributed by atoms with Crippen LogP contribution < -0.4 is 15.4 Å². The minimum Gasteiger partial charge on any atom is -0.439 e. The predicted octanol–water partition coefficient (Wildman–Crippen LogP) is 4.19. The van der Waals surface area contributed by atoms with Crippen LogP contribution in [0.5, 0.6) is 11.6 Å². The lowest BCUT2D eigenvalue weighted by atomic mass is 10.2. The van der Waals surface area contributed by atoms with Crippen molar-refractivity contribution in [1.29, 1.82) is 0 Å². The number of nitrogens with one attached hydrogen (secondary N) is 2. The Kier molecular flexibility index (Phi) is 9.12. The number of nitrogens with zero attached hydrogens (tertiary/aromatic N) is 2. The Morgan fingerprint density at radius 1 is 1.26 bits per heavy atom. The normalized spacial score (nSPS) is 16.5. The van der Waals surface area contributed by atoms with Gasteiger partial charge >= 0.3 is 0 Å². The lowest BCUT2D eigenvalue weighted by Gasteiger charge is -2.14. The summed E-state index contributed by atoms with van der Waals surface area (Å²) in [7, 11) is 1.77. The van der Waals surface area contributed by atoms with E-state index in [2.05, 4.69) is 20.6 Å². The summed E-state index contributed by atoms with van der Waals surface area (Å²) in [5.41, 5.74) is 1.02. The Morgan fingerprint density at radius 3 is 2.70 bits per heavy atom. The average Bonchev–Trinajstić information content (AvgIpc) is 3.18. The molecule has 1 aliphatic heterocycles. The SMILES string of the molecule is CN=C(NCc1ccc(Oc2ccc(F)cc2)nc1)NCC1CCCS1.I. The second kappa shape index (κ2) is 11.3. The molecule has 3 rings (SSSR count). The molecule has 0 radical (unpaired) electrons. The zero-order chi connectivity index (χ0) is 18.2. The molecule has 1 aliphatic rings. The van der Waals surface area contributed by atoms with Gasteiger partial charge in [0.2, 0.25) is 5.88 Å². The Hall–Kier alpha value is -1.55. The molecule has 5 nitrogen and oxygen atoms in total. The zero-order valence-electron chi connectivity index (χ0n) is 15.2. The van der Waals surface area contributed by atoms with E-state index in [1.807, 2.05) is 17.8 Å². The van der Waals surface area contributed by atoms with Gasteiger partial charge < -0.3 is 15.4 Å². The minimum absolute atomic E-state index is 0. The molecular weight excluding hydrogens is 478 g/mol. The van der Waals surface area contributed by atoms with Crippen LogP contribution in [-0.4, -0.2) is 35.5 Å². The number of halogens is 2. The van der Waals surface area contributed by atoms with Crippen molar-refractivity contribution in [3.63, 3.8) is 0 Å². The summed E-state index contributed by atoms with van der Waals surface area (Å²) >= 11 is 2.02. The van der Waals surface area contributed by atoms with Crippen LogP contribution in [0, 0.1) is 5.82 Å². The fourth-order valence-corrected chi connectivity index (χ4v) is 3.82. The first-order valence-corrected chi connectivity index (χ1v) is 9.72. The Bertz CT molecular complexity index is 721. The number of aliphatic imine (C=N–C) groups is 1. The zero-order valence-corrected chi connectivity index (χ0v) is 18.3. The molecule has 0 amide bonds. The van der Waals surface area contributed by atoms with Gasteiger partial charge in [0.25, 0.3) is 0 Å². The molecule has 0 bridgehead atoms. The molecule has 2 heterocycles. The molecule has 2 aromatic rings. The van der Waals surface area contributed by atoms with Crippen molar-refractivity contribution >= 4 is 41.7 Å². The maximum atomic E-state index is 12.9. The molecule has 1 fully saturated rings. The van der Waals surface area contributed by atoms with Crippen molar-refractivity contribution in [3.8, 4) is 11.6 Å². The van der Waals surface area contributed by atoms with E-state index in [1.54, 1.807) is 31.4 Å². The van der Waals surface area contributed by atoms with E-state index in [0.717, 1.165) is 18.1 Å². The van der Waals surface area contributed by atoms with Crippen LogP contribution >= 0.6 is 35.7 Å². The van der Waals surface area contributed by atoms with Crippen LogP contribution in [0.4, 0.5) is 4.39 Å². The topological polar surface area (TPSA) is 58.5 Å². The van der Waals surface area contributed by atoms with Crippen molar-refractivity contribution in [3.05, 3.63) is 54.0 Å². The summed E-state index contributed by atoms with van der Waals surface area (Å²) in [6.45, 7) is 1.56. The van der Waals surface area contributed by atoms with Gasteiger partial charge in [-0.1, -0.05) is 6.07 Å². The van der Waals surface area contributed by atoms with Gasteiger partial charge in [0, 0.05) is 37.7 Å². The second-order valence-corrected chi connectivity index (χ2v) is 7.41. The van der Waals surface area contributed by atoms with Crippen molar-refractivity contribution in [2.45, 2.75) is 24.6 Å². The largest absolute Gasteiger partial charge is 0.439 e. The van der Waals surface area contributed by atoms with E-state index >= 15 is 0 Å². The Labute approximate surface area is 180 Å². The third kappa shape index (κ3) is 7.17. The molecule has 146 valence electrons. The number of hydrogen-bond donors (Lipinski definition) is 2. The van der Waals surface area contributed by atoms with Gasteiger partial charge in [0.05, 0.1) is 0 Å². The molecular formula is C19H24FIN4OS. The summed E-state index contributed by atoms with van der Waals surface area (Å²) in [4.78, 5) is 8.54. The maximum absolute atomic E-state index is 12.9. The molecule has 1 unspecified atom stereocenters. The van der Waals surface area contributed by atoms with Crippen LogP contribution in [0.1, 0.15) is 18.4 Å². The number of pyridine rings is 1. The highest BCUT2D eigenvalue weighted by atomic mass is 127. The highest BCUT2D eigenvalue weighted by Crippen LogP contribution is 2.25. The van der Waals surface area contributed by atoms with Gasteiger partial charge in [0.1, 0.15) is 11.6 Å². The van der Waals surface area contributed by atoms with Crippen molar-refractivity contribution in [2.24, 2.45) is 4.99 Å². The van der Waals surface area contributed by atoms with Gasteiger partial charge in [-0.2, -0.15) is 11.8 Å². The number of guanidine groups is 1. The molecule has 1 saturated heterocycles. The van der Waals surface area contributed by atoms with Crippen molar-refractivity contribution in [2.75, 3.05) is 19.3 Å². The highest BCUT2D eigenvalue weighted by Gasteiger charge is 2.15. The van der Waals surface area contributed by atoms with Gasteiger partial charge in [-0.15, -0.1) is 24.0 Å². The maximum Gasteiger partial charge on any atom is 0.219 e. The van der Waals surface area contributed by atoms with E-state index in [9.17, 15) is 4.39 Å². The van der Waals surface area contributed by atoms with Crippen LogP contribution in [0.15, 0.2) is 47.6 Å². The number of rotatable bonds is 6. The number of ether oxygens (including phenoxy) is 1. The minimum atomic E-state index is -0.291. The second-order valence-electron chi connectivity index (χ2n) is 6.00. The average molecular weight is 502 g/mol. The quantitative estimate of drug-likeness (QED) is 0.353. The van der Waals surface area contributed by atoms with Crippen LogP contribution in [0.3, 0.4) is 0 Å². The van der Waals surface area contributed by atoms with Gasteiger partial charge in [-0.25, -0.2) is 9.37 Å². The highest BCUT2D eigenvalue weighted by molar-refractivity contribution is 14.0. The summed E-state index contributed by atoms with van der Waals surface area (Å²) in [5, 5.41) is 7.34. The van der Waals surface area contributed by atoms with E-state index < -0.39 is 0 Å². The molecule has 0 saturated carbocycles. The van der Waals surface area contributed by atoms with Gasteiger partial charge in [-0.3, -0.25) is 4.99 Å². The number of aromatic nitrogens is 1.